The van der Waals surface area contributed by atoms with Gasteiger partial charge in [-0.25, -0.2) is 0 Å². The van der Waals surface area contributed by atoms with Crippen LogP contribution in [0.3, 0.4) is 0 Å². The molecule has 2 saturated heterocycles. The number of morpholine rings is 1. The van der Waals surface area contributed by atoms with Crippen molar-refractivity contribution in [3.63, 3.8) is 0 Å². The molecule has 0 bridgehead atoms. The number of para-hydroxylation sites is 2. The van der Waals surface area contributed by atoms with Crippen molar-refractivity contribution in [1.29, 1.82) is 0 Å². The number of nitrogens with one attached hydrogen (secondary N) is 1. The fraction of sp³-hybridized carbons (Fsp3) is 0.579. The number of carbonyl (C=O) groups excluding carboxylic acids is 2. The average molecular weight is 360 g/mol. The zero-order valence-electron chi connectivity index (χ0n) is 15.4. The molecule has 142 valence electrons. The molecule has 7 heteroatoms. The molecule has 0 spiro atoms. The van der Waals surface area contributed by atoms with Crippen LogP contribution in [-0.4, -0.2) is 80.6 Å². The first-order chi connectivity index (χ1) is 12.6. The summed E-state index contributed by atoms with van der Waals surface area (Å²) in [6.07, 6.45) is 0.456. The summed E-state index contributed by atoms with van der Waals surface area (Å²) in [5.41, 5.74) is 2.22. The van der Waals surface area contributed by atoms with Crippen molar-refractivity contribution in [2.75, 3.05) is 69.2 Å². The van der Waals surface area contributed by atoms with Gasteiger partial charge >= 0.3 is 0 Å². The highest BCUT2D eigenvalue weighted by Gasteiger charge is 2.22. The summed E-state index contributed by atoms with van der Waals surface area (Å²) in [6, 6.07) is 8.21. The Bertz CT molecular complexity index is 623. The number of piperazine rings is 1. The maximum Gasteiger partial charge on any atom is 0.224 e. The monoisotopic (exact) mass is 360 g/mol. The molecule has 0 radical (unpaired) electrons. The third kappa shape index (κ3) is 4.66. The van der Waals surface area contributed by atoms with E-state index in [2.05, 4.69) is 22.3 Å². The van der Waals surface area contributed by atoms with E-state index in [9.17, 15) is 9.59 Å². The van der Waals surface area contributed by atoms with Crippen LogP contribution in [0.5, 0.6) is 0 Å². The molecule has 0 saturated carbocycles. The number of nitrogens with zero attached hydrogens (tertiary/aromatic N) is 3. The van der Waals surface area contributed by atoms with Crippen LogP contribution in [0.2, 0.25) is 0 Å². The molecule has 2 amide bonds. The van der Waals surface area contributed by atoms with Crippen LogP contribution < -0.4 is 10.2 Å². The summed E-state index contributed by atoms with van der Waals surface area (Å²) in [7, 11) is 0. The molecular weight excluding hydrogens is 332 g/mol. The SMILES string of the molecule is CC(=O)N1CCN(C(=O)CCNc2ccccc2N2CCOCC2)CC1. The molecule has 0 aromatic heterocycles. The number of rotatable bonds is 5. The average Bonchev–Trinajstić information content (AvgIpc) is 2.69. The van der Waals surface area contributed by atoms with E-state index >= 15 is 0 Å². The largest absolute Gasteiger partial charge is 0.383 e. The lowest BCUT2D eigenvalue weighted by molar-refractivity contribution is -0.138. The Hall–Kier alpha value is -2.28. The number of amides is 2. The molecule has 2 fully saturated rings. The van der Waals surface area contributed by atoms with E-state index in [1.54, 1.807) is 11.8 Å². The van der Waals surface area contributed by atoms with Crippen molar-refractivity contribution >= 4 is 23.2 Å². The van der Waals surface area contributed by atoms with E-state index in [4.69, 9.17) is 4.74 Å². The summed E-state index contributed by atoms with van der Waals surface area (Å²) in [5.74, 6) is 0.225. The number of benzene rings is 1. The molecular formula is C19H28N4O3. The van der Waals surface area contributed by atoms with Crippen LogP contribution >= 0.6 is 0 Å². The van der Waals surface area contributed by atoms with Crippen LogP contribution in [0.1, 0.15) is 13.3 Å². The van der Waals surface area contributed by atoms with Gasteiger partial charge in [-0.3, -0.25) is 9.59 Å². The van der Waals surface area contributed by atoms with Gasteiger partial charge in [0, 0.05) is 59.2 Å². The van der Waals surface area contributed by atoms with Crippen LogP contribution in [0.4, 0.5) is 11.4 Å². The van der Waals surface area contributed by atoms with E-state index in [1.807, 2.05) is 17.0 Å². The zero-order chi connectivity index (χ0) is 18.4. The highest BCUT2D eigenvalue weighted by Crippen LogP contribution is 2.26. The fourth-order valence-corrected chi connectivity index (χ4v) is 3.44. The molecule has 26 heavy (non-hydrogen) atoms. The number of hydrogen-bond donors (Lipinski definition) is 1. The third-order valence-corrected chi connectivity index (χ3v) is 4.99. The number of ether oxygens (including phenoxy) is 1. The van der Waals surface area contributed by atoms with Crippen molar-refractivity contribution < 1.29 is 14.3 Å². The van der Waals surface area contributed by atoms with Crippen molar-refractivity contribution in [1.82, 2.24) is 9.80 Å². The maximum atomic E-state index is 12.4. The lowest BCUT2D eigenvalue weighted by atomic mass is 10.2. The van der Waals surface area contributed by atoms with Crippen LogP contribution in [0.15, 0.2) is 24.3 Å². The van der Waals surface area contributed by atoms with E-state index in [0.29, 0.717) is 39.1 Å². The van der Waals surface area contributed by atoms with E-state index in [1.165, 1.54) is 5.69 Å². The van der Waals surface area contributed by atoms with Crippen molar-refractivity contribution in [3.05, 3.63) is 24.3 Å². The molecule has 7 nitrogen and oxygen atoms in total. The Morgan fingerprint density at radius 3 is 2.35 bits per heavy atom. The normalized spacial score (nSPS) is 18.0. The first-order valence-corrected chi connectivity index (χ1v) is 9.34. The van der Waals surface area contributed by atoms with E-state index < -0.39 is 0 Å². The highest BCUT2D eigenvalue weighted by molar-refractivity contribution is 5.78. The van der Waals surface area contributed by atoms with Crippen molar-refractivity contribution in [2.45, 2.75) is 13.3 Å². The second kappa shape index (κ2) is 8.89. The minimum Gasteiger partial charge on any atom is -0.383 e. The van der Waals surface area contributed by atoms with Gasteiger partial charge in [-0.05, 0) is 12.1 Å². The van der Waals surface area contributed by atoms with Gasteiger partial charge in [0.1, 0.15) is 0 Å². The predicted molar refractivity (Wildman–Crippen MR) is 101 cm³/mol. The van der Waals surface area contributed by atoms with E-state index in [0.717, 1.165) is 32.0 Å². The Morgan fingerprint density at radius 2 is 1.65 bits per heavy atom. The summed E-state index contributed by atoms with van der Waals surface area (Å²) in [4.78, 5) is 29.7. The topological polar surface area (TPSA) is 65.1 Å². The Labute approximate surface area is 154 Å². The van der Waals surface area contributed by atoms with Gasteiger partial charge in [0.2, 0.25) is 11.8 Å². The second-order valence-corrected chi connectivity index (χ2v) is 6.68. The Kier molecular flexibility index (Phi) is 6.33. The second-order valence-electron chi connectivity index (χ2n) is 6.68. The van der Waals surface area contributed by atoms with Crippen LogP contribution in [0.25, 0.3) is 0 Å². The summed E-state index contributed by atoms with van der Waals surface area (Å²) < 4.78 is 5.43. The van der Waals surface area contributed by atoms with Gasteiger partial charge in [-0.15, -0.1) is 0 Å². The smallest absolute Gasteiger partial charge is 0.224 e. The zero-order valence-corrected chi connectivity index (χ0v) is 15.4. The van der Waals surface area contributed by atoms with Crippen LogP contribution in [0, 0.1) is 0 Å². The highest BCUT2D eigenvalue weighted by atomic mass is 16.5. The summed E-state index contributed by atoms with van der Waals surface area (Å²) in [5, 5.41) is 3.41. The molecule has 0 aliphatic carbocycles. The fourth-order valence-electron chi connectivity index (χ4n) is 3.44. The van der Waals surface area contributed by atoms with Gasteiger partial charge in [-0.2, -0.15) is 0 Å². The Balaban J connectivity index is 1.48. The van der Waals surface area contributed by atoms with Crippen molar-refractivity contribution in [3.8, 4) is 0 Å². The number of carbonyl (C=O) groups is 2. The molecule has 1 N–H and O–H groups in total. The molecule has 2 heterocycles. The lowest BCUT2D eigenvalue weighted by Crippen LogP contribution is -2.50. The van der Waals surface area contributed by atoms with Gasteiger partial charge in [0.25, 0.3) is 0 Å². The Morgan fingerprint density at radius 1 is 1.00 bits per heavy atom. The molecule has 0 unspecified atom stereocenters. The van der Waals surface area contributed by atoms with Crippen LogP contribution in [-0.2, 0) is 14.3 Å². The quantitative estimate of drug-likeness (QED) is 0.849. The third-order valence-electron chi connectivity index (χ3n) is 4.99. The molecule has 3 rings (SSSR count). The maximum absolute atomic E-state index is 12.4. The first-order valence-electron chi connectivity index (χ1n) is 9.34. The van der Waals surface area contributed by atoms with Crippen molar-refractivity contribution in [2.24, 2.45) is 0 Å². The molecule has 1 aromatic rings. The number of anilines is 2. The molecule has 2 aliphatic heterocycles. The molecule has 1 aromatic carbocycles. The van der Waals surface area contributed by atoms with E-state index in [-0.39, 0.29) is 11.8 Å². The summed E-state index contributed by atoms with van der Waals surface area (Å²) >= 11 is 0. The minimum absolute atomic E-state index is 0.0819. The first kappa shape index (κ1) is 18.5. The van der Waals surface area contributed by atoms with Gasteiger partial charge < -0.3 is 24.8 Å². The van der Waals surface area contributed by atoms with Gasteiger partial charge in [-0.1, -0.05) is 12.1 Å². The van der Waals surface area contributed by atoms with Gasteiger partial charge in [0.15, 0.2) is 0 Å². The number of hydrogen-bond acceptors (Lipinski definition) is 5. The lowest BCUT2D eigenvalue weighted by Gasteiger charge is -2.34. The molecule has 2 aliphatic rings. The predicted octanol–water partition coefficient (Wildman–Crippen LogP) is 1.02. The van der Waals surface area contributed by atoms with Gasteiger partial charge in [0.05, 0.1) is 24.6 Å². The minimum atomic E-state index is 0.0819. The standard InChI is InChI=1S/C19H28N4O3/c1-16(24)21-8-10-23(11-9-21)19(25)6-7-20-17-4-2-3-5-18(17)22-12-14-26-15-13-22/h2-5,20H,6-15H2,1H3. The molecule has 0 atom stereocenters. The summed E-state index contributed by atoms with van der Waals surface area (Å²) in [6.45, 7) is 7.98.